The lowest BCUT2D eigenvalue weighted by molar-refractivity contribution is 0.458. The van der Waals surface area contributed by atoms with Gasteiger partial charge in [0.1, 0.15) is 11.9 Å². The fourth-order valence-corrected chi connectivity index (χ4v) is 1.87. The Bertz CT molecular complexity index is 402. The molecule has 1 unspecified atom stereocenters. The summed E-state index contributed by atoms with van der Waals surface area (Å²) >= 11 is 0. The van der Waals surface area contributed by atoms with Gasteiger partial charge < -0.3 is 11.1 Å². The second kappa shape index (κ2) is 4.11. The van der Waals surface area contributed by atoms with Gasteiger partial charge >= 0.3 is 0 Å². The number of rotatable bonds is 4. The fourth-order valence-electron chi connectivity index (χ4n) is 1.87. The molecule has 4 nitrogen and oxygen atoms in total. The van der Waals surface area contributed by atoms with E-state index in [4.69, 9.17) is 11.0 Å². The maximum Gasteiger partial charge on any atom is 0.126 e. The summed E-state index contributed by atoms with van der Waals surface area (Å²) in [7, 11) is 0. The quantitative estimate of drug-likeness (QED) is 0.799. The van der Waals surface area contributed by atoms with E-state index < -0.39 is 0 Å². The van der Waals surface area contributed by atoms with E-state index in [0.717, 1.165) is 5.82 Å². The molecule has 0 bridgehead atoms. The number of nitriles is 1. The lowest BCUT2D eigenvalue weighted by atomic mass is 9.96. The molecule has 1 fully saturated rings. The number of nitrogens with zero attached hydrogens (tertiary/aromatic N) is 2. The van der Waals surface area contributed by atoms with Crippen molar-refractivity contribution in [3.63, 3.8) is 0 Å². The van der Waals surface area contributed by atoms with Crippen LogP contribution >= 0.6 is 0 Å². The van der Waals surface area contributed by atoms with Gasteiger partial charge in [0.2, 0.25) is 0 Å². The molecule has 0 aromatic carbocycles. The van der Waals surface area contributed by atoms with Crippen LogP contribution in [0.3, 0.4) is 0 Å². The fraction of sp³-hybridized carbons (Fsp3) is 0.500. The second-order valence-electron chi connectivity index (χ2n) is 4.56. The Hall–Kier alpha value is -1.60. The summed E-state index contributed by atoms with van der Waals surface area (Å²) in [5.74, 6) is 1.44. The molecule has 0 spiro atoms. The van der Waals surface area contributed by atoms with E-state index in [-0.39, 0.29) is 5.54 Å². The molecule has 16 heavy (non-hydrogen) atoms. The minimum atomic E-state index is -0.0683. The third kappa shape index (κ3) is 2.15. The molecular formula is C12H16N4. The number of nitrogens with one attached hydrogen (secondary N) is 1. The average Bonchev–Trinajstić information content (AvgIpc) is 3.14. The van der Waals surface area contributed by atoms with Crippen LogP contribution in [0.25, 0.3) is 0 Å². The van der Waals surface area contributed by atoms with E-state index in [0.29, 0.717) is 18.0 Å². The Labute approximate surface area is 95.5 Å². The Balaban J connectivity index is 2.10. The van der Waals surface area contributed by atoms with Crippen molar-refractivity contribution in [1.82, 2.24) is 4.98 Å². The van der Waals surface area contributed by atoms with Gasteiger partial charge in [0.25, 0.3) is 0 Å². The molecule has 1 saturated carbocycles. The minimum absolute atomic E-state index is 0.0683. The first-order valence-corrected chi connectivity index (χ1v) is 5.52. The monoisotopic (exact) mass is 216 g/mol. The Kier molecular flexibility index (Phi) is 2.80. The first-order valence-electron chi connectivity index (χ1n) is 5.52. The number of anilines is 1. The lowest BCUT2D eigenvalue weighted by Gasteiger charge is -2.30. The maximum atomic E-state index is 8.68. The normalized spacial score (nSPS) is 18.6. The highest BCUT2D eigenvalue weighted by Gasteiger charge is 2.40. The second-order valence-corrected chi connectivity index (χ2v) is 4.56. The summed E-state index contributed by atoms with van der Waals surface area (Å²) in [6.07, 6.45) is 4.04. The van der Waals surface area contributed by atoms with Gasteiger partial charge in [0, 0.05) is 12.7 Å². The van der Waals surface area contributed by atoms with E-state index >= 15 is 0 Å². The largest absolute Gasteiger partial charge is 0.363 e. The van der Waals surface area contributed by atoms with Crippen LogP contribution in [0, 0.1) is 17.2 Å². The zero-order valence-electron chi connectivity index (χ0n) is 9.40. The summed E-state index contributed by atoms with van der Waals surface area (Å²) in [4.78, 5) is 4.20. The molecule has 4 heteroatoms. The van der Waals surface area contributed by atoms with Gasteiger partial charge in [-0.3, -0.25) is 0 Å². The number of hydrogen-bond acceptors (Lipinski definition) is 4. The van der Waals surface area contributed by atoms with Crippen molar-refractivity contribution in [1.29, 1.82) is 5.26 Å². The summed E-state index contributed by atoms with van der Waals surface area (Å²) in [5.41, 5.74) is 6.32. The zero-order chi connectivity index (χ0) is 11.6. The first-order chi connectivity index (χ1) is 7.68. The van der Waals surface area contributed by atoms with Crippen LogP contribution in [0.5, 0.6) is 0 Å². The van der Waals surface area contributed by atoms with E-state index in [9.17, 15) is 0 Å². The molecule has 1 aromatic rings. The van der Waals surface area contributed by atoms with Gasteiger partial charge in [-0.25, -0.2) is 4.98 Å². The standard InChI is InChI=1S/C12H16N4/c1-12(8-14,10-3-4-10)16-11-5-2-9(6-13)7-15-11/h2,5,7,10H,3-4,8,14H2,1H3,(H,15,16). The van der Waals surface area contributed by atoms with Gasteiger partial charge in [0.15, 0.2) is 0 Å². The Morgan fingerprint density at radius 1 is 1.62 bits per heavy atom. The van der Waals surface area contributed by atoms with E-state index in [1.54, 1.807) is 12.3 Å². The van der Waals surface area contributed by atoms with Gasteiger partial charge in [-0.05, 0) is 37.8 Å². The smallest absolute Gasteiger partial charge is 0.126 e. The molecule has 1 atom stereocenters. The molecule has 3 N–H and O–H groups in total. The van der Waals surface area contributed by atoms with E-state index in [2.05, 4.69) is 23.3 Å². The van der Waals surface area contributed by atoms with Gasteiger partial charge in [-0.1, -0.05) is 0 Å². The van der Waals surface area contributed by atoms with Crippen molar-refractivity contribution < 1.29 is 0 Å². The molecular weight excluding hydrogens is 200 g/mol. The molecule has 1 aromatic heterocycles. The van der Waals surface area contributed by atoms with Crippen LogP contribution in [0.2, 0.25) is 0 Å². The highest BCUT2D eigenvalue weighted by Crippen LogP contribution is 2.40. The first kappa shape index (κ1) is 10.9. The van der Waals surface area contributed by atoms with Crippen molar-refractivity contribution in [3.05, 3.63) is 23.9 Å². The summed E-state index contributed by atoms with van der Waals surface area (Å²) in [5, 5.41) is 12.0. The summed E-state index contributed by atoms with van der Waals surface area (Å²) in [6, 6.07) is 5.64. The molecule has 0 saturated heterocycles. The van der Waals surface area contributed by atoms with Crippen LogP contribution < -0.4 is 11.1 Å². The van der Waals surface area contributed by atoms with Gasteiger partial charge in [-0.2, -0.15) is 5.26 Å². The van der Waals surface area contributed by atoms with Gasteiger partial charge in [0.05, 0.1) is 11.1 Å². The van der Waals surface area contributed by atoms with Crippen molar-refractivity contribution >= 4 is 5.82 Å². The minimum Gasteiger partial charge on any atom is -0.363 e. The SMILES string of the molecule is CC(CN)(Nc1ccc(C#N)cn1)C1CC1. The van der Waals surface area contributed by atoms with Crippen molar-refractivity contribution in [3.8, 4) is 6.07 Å². The average molecular weight is 216 g/mol. The molecule has 1 aliphatic carbocycles. The van der Waals surface area contributed by atoms with Crippen molar-refractivity contribution in [2.75, 3.05) is 11.9 Å². The van der Waals surface area contributed by atoms with Crippen LogP contribution in [0.4, 0.5) is 5.82 Å². The third-order valence-electron chi connectivity index (χ3n) is 3.21. The van der Waals surface area contributed by atoms with Crippen molar-refractivity contribution in [2.45, 2.75) is 25.3 Å². The molecule has 84 valence electrons. The predicted octanol–water partition coefficient (Wildman–Crippen LogP) is 1.49. The highest BCUT2D eigenvalue weighted by atomic mass is 15.1. The Morgan fingerprint density at radius 2 is 2.38 bits per heavy atom. The molecule has 0 radical (unpaired) electrons. The topological polar surface area (TPSA) is 74.7 Å². The van der Waals surface area contributed by atoms with Crippen LogP contribution in [-0.2, 0) is 0 Å². The molecule has 1 heterocycles. The summed E-state index contributed by atoms with van der Waals surface area (Å²) < 4.78 is 0. The molecule has 0 aliphatic heterocycles. The predicted molar refractivity (Wildman–Crippen MR) is 62.8 cm³/mol. The highest BCUT2D eigenvalue weighted by molar-refractivity contribution is 5.42. The molecule has 1 aliphatic rings. The number of pyridine rings is 1. The van der Waals surface area contributed by atoms with Crippen LogP contribution in [0.15, 0.2) is 18.3 Å². The Morgan fingerprint density at radius 3 is 2.81 bits per heavy atom. The van der Waals surface area contributed by atoms with E-state index in [1.165, 1.54) is 12.8 Å². The van der Waals surface area contributed by atoms with Crippen LogP contribution in [0.1, 0.15) is 25.3 Å². The van der Waals surface area contributed by atoms with Crippen LogP contribution in [-0.4, -0.2) is 17.1 Å². The molecule has 0 amide bonds. The number of aromatic nitrogens is 1. The number of nitrogens with two attached hydrogens (primary N) is 1. The number of hydrogen-bond donors (Lipinski definition) is 2. The maximum absolute atomic E-state index is 8.68. The zero-order valence-corrected chi connectivity index (χ0v) is 9.40. The summed E-state index contributed by atoms with van der Waals surface area (Å²) in [6.45, 7) is 2.73. The van der Waals surface area contributed by atoms with E-state index in [1.807, 2.05) is 6.07 Å². The molecule has 2 rings (SSSR count). The van der Waals surface area contributed by atoms with Crippen molar-refractivity contribution in [2.24, 2.45) is 11.7 Å². The third-order valence-corrected chi connectivity index (χ3v) is 3.21. The lowest BCUT2D eigenvalue weighted by Crippen LogP contribution is -2.44. The van der Waals surface area contributed by atoms with Gasteiger partial charge in [-0.15, -0.1) is 0 Å².